The number of hydrogen-bond acceptors (Lipinski definition) is 7. The zero-order valence-corrected chi connectivity index (χ0v) is 21.7. The van der Waals surface area contributed by atoms with Gasteiger partial charge < -0.3 is 23.5 Å². The second-order valence-electron chi connectivity index (χ2n) is 9.45. The fourth-order valence-electron chi connectivity index (χ4n) is 5.24. The van der Waals surface area contributed by atoms with E-state index in [-0.39, 0.29) is 17.1 Å². The van der Waals surface area contributed by atoms with Gasteiger partial charge in [-0.05, 0) is 57.0 Å². The van der Waals surface area contributed by atoms with Crippen LogP contribution in [0, 0.1) is 6.92 Å². The van der Waals surface area contributed by atoms with Crippen molar-refractivity contribution in [2.24, 2.45) is 0 Å². The molecule has 8 nitrogen and oxygen atoms in total. The van der Waals surface area contributed by atoms with Crippen molar-refractivity contribution in [1.82, 2.24) is 9.80 Å². The highest BCUT2D eigenvalue weighted by molar-refractivity contribution is 5.99. The lowest BCUT2D eigenvalue weighted by molar-refractivity contribution is 0.0353. The maximum Gasteiger partial charge on any atom is 0.290 e. The fraction of sp³-hybridized carbons (Fsp3) is 0.448. The van der Waals surface area contributed by atoms with Crippen LogP contribution in [0.15, 0.2) is 45.6 Å². The average Bonchev–Trinajstić information content (AvgIpc) is 3.18. The van der Waals surface area contributed by atoms with E-state index in [9.17, 15) is 9.59 Å². The van der Waals surface area contributed by atoms with Crippen LogP contribution in [0.5, 0.6) is 11.5 Å². The highest BCUT2D eigenvalue weighted by Gasteiger charge is 2.42. The Hall–Kier alpha value is -3.36. The van der Waals surface area contributed by atoms with Crippen molar-refractivity contribution in [1.29, 1.82) is 0 Å². The van der Waals surface area contributed by atoms with Crippen molar-refractivity contribution >= 4 is 16.9 Å². The van der Waals surface area contributed by atoms with Crippen LogP contribution < -0.4 is 14.9 Å². The largest absolute Gasteiger partial charge is 0.490 e. The fourth-order valence-corrected chi connectivity index (χ4v) is 5.24. The molecule has 0 N–H and O–H groups in total. The van der Waals surface area contributed by atoms with Gasteiger partial charge in [-0.3, -0.25) is 14.5 Å². The summed E-state index contributed by atoms with van der Waals surface area (Å²) >= 11 is 0. The molecule has 1 saturated heterocycles. The van der Waals surface area contributed by atoms with Gasteiger partial charge in [0.15, 0.2) is 16.9 Å². The van der Waals surface area contributed by atoms with E-state index in [2.05, 4.69) is 4.90 Å². The minimum Gasteiger partial charge on any atom is -0.490 e. The number of aryl methyl sites for hydroxylation is 1. The average molecular weight is 507 g/mol. The number of ether oxygens (including phenoxy) is 3. The molecule has 37 heavy (non-hydrogen) atoms. The van der Waals surface area contributed by atoms with Crippen molar-refractivity contribution in [2.75, 3.05) is 52.6 Å². The van der Waals surface area contributed by atoms with Crippen molar-refractivity contribution in [3.63, 3.8) is 0 Å². The minimum absolute atomic E-state index is 0.129. The molecule has 0 radical (unpaired) electrons. The zero-order valence-electron chi connectivity index (χ0n) is 21.7. The standard InChI is InChI=1S/C29H34N2O6/c1-4-35-23-10-8-20(18-24(23)36-5-2)26-25-27(32)21-17-19(3)7-9-22(21)37-28(25)29(33)31(26)12-6-11-30-13-15-34-16-14-30/h7-10,17-18,26H,4-6,11-16H2,1-3H3. The molecule has 1 fully saturated rings. The molecule has 1 atom stereocenters. The summed E-state index contributed by atoms with van der Waals surface area (Å²) in [5.74, 6) is 1.10. The third kappa shape index (κ3) is 4.95. The lowest BCUT2D eigenvalue weighted by Crippen LogP contribution is -2.38. The lowest BCUT2D eigenvalue weighted by Gasteiger charge is -2.29. The number of carbonyl (C=O) groups is 1. The van der Waals surface area contributed by atoms with Crippen molar-refractivity contribution < 1.29 is 23.4 Å². The topological polar surface area (TPSA) is 81.5 Å². The molecule has 1 unspecified atom stereocenters. The molecule has 5 rings (SSSR count). The normalized spacial score (nSPS) is 17.9. The van der Waals surface area contributed by atoms with Crippen molar-refractivity contribution in [3.05, 3.63) is 69.1 Å². The molecule has 1 amide bonds. The molecule has 0 saturated carbocycles. The number of morpholine rings is 1. The van der Waals surface area contributed by atoms with E-state index in [0.717, 1.165) is 50.4 Å². The second-order valence-corrected chi connectivity index (χ2v) is 9.45. The third-order valence-corrected chi connectivity index (χ3v) is 6.98. The molecule has 0 bridgehead atoms. The molecule has 0 spiro atoms. The van der Waals surface area contributed by atoms with Crippen LogP contribution in [0.3, 0.4) is 0 Å². The molecule has 2 aliphatic rings. The smallest absolute Gasteiger partial charge is 0.290 e. The van der Waals surface area contributed by atoms with Crippen molar-refractivity contribution in [2.45, 2.75) is 33.2 Å². The first-order chi connectivity index (χ1) is 18.0. The number of nitrogens with zero attached hydrogens (tertiary/aromatic N) is 2. The first-order valence-electron chi connectivity index (χ1n) is 13.1. The van der Waals surface area contributed by atoms with Gasteiger partial charge >= 0.3 is 0 Å². The molecule has 3 heterocycles. The summed E-state index contributed by atoms with van der Waals surface area (Å²) in [5.41, 5.74) is 2.41. The Morgan fingerprint density at radius 3 is 2.46 bits per heavy atom. The predicted molar refractivity (Wildman–Crippen MR) is 141 cm³/mol. The molecular formula is C29H34N2O6. The first kappa shape index (κ1) is 25.3. The van der Waals surface area contributed by atoms with Gasteiger partial charge in [0.25, 0.3) is 5.91 Å². The highest BCUT2D eigenvalue weighted by Crippen LogP contribution is 2.41. The van der Waals surface area contributed by atoms with Gasteiger partial charge in [-0.25, -0.2) is 0 Å². The van der Waals surface area contributed by atoms with Crippen LogP contribution in [-0.2, 0) is 4.74 Å². The summed E-state index contributed by atoms with van der Waals surface area (Å²) < 4.78 is 23.2. The van der Waals surface area contributed by atoms with E-state index in [1.165, 1.54) is 0 Å². The predicted octanol–water partition coefficient (Wildman–Crippen LogP) is 4.17. The highest BCUT2D eigenvalue weighted by atomic mass is 16.5. The number of rotatable bonds is 9. The van der Waals surface area contributed by atoms with E-state index in [1.807, 2.05) is 51.1 Å². The van der Waals surface area contributed by atoms with Crippen LogP contribution in [-0.4, -0.2) is 68.3 Å². The summed E-state index contributed by atoms with van der Waals surface area (Å²) in [7, 11) is 0. The van der Waals surface area contributed by atoms with E-state index >= 15 is 0 Å². The van der Waals surface area contributed by atoms with Crippen LogP contribution >= 0.6 is 0 Å². The Bertz CT molecular complexity index is 1340. The maximum absolute atomic E-state index is 13.8. The van der Waals surface area contributed by atoms with Gasteiger partial charge in [0.05, 0.1) is 43.4 Å². The van der Waals surface area contributed by atoms with Gasteiger partial charge in [-0.2, -0.15) is 0 Å². The Balaban J connectivity index is 1.57. The molecular weight excluding hydrogens is 472 g/mol. The van der Waals surface area contributed by atoms with Gasteiger partial charge in [-0.1, -0.05) is 17.7 Å². The quantitative estimate of drug-likeness (QED) is 0.431. The van der Waals surface area contributed by atoms with Gasteiger partial charge in [0.2, 0.25) is 5.76 Å². The third-order valence-electron chi connectivity index (χ3n) is 6.98. The van der Waals surface area contributed by atoms with E-state index in [0.29, 0.717) is 47.8 Å². The monoisotopic (exact) mass is 506 g/mol. The van der Waals surface area contributed by atoms with E-state index < -0.39 is 6.04 Å². The van der Waals surface area contributed by atoms with E-state index in [4.69, 9.17) is 18.6 Å². The van der Waals surface area contributed by atoms with Gasteiger partial charge in [0, 0.05) is 26.2 Å². The van der Waals surface area contributed by atoms with E-state index in [1.54, 1.807) is 11.0 Å². The lowest BCUT2D eigenvalue weighted by atomic mass is 9.97. The molecule has 8 heteroatoms. The van der Waals surface area contributed by atoms with Crippen LogP contribution in [0.1, 0.15) is 53.6 Å². The Labute approximate surface area is 216 Å². The van der Waals surface area contributed by atoms with Crippen LogP contribution in [0.25, 0.3) is 11.0 Å². The summed E-state index contributed by atoms with van der Waals surface area (Å²) in [6, 6.07) is 10.6. The zero-order chi connectivity index (χ0) is 25.9. The summed E-state index contributed by atoms with van der Waals surface area (Å²) in [4.78, 5) is 31.7. The van der Waals surface area contributed by atoms with Crippen molar-refractivity contribution in [3.8, 4) is 11.5 Å². The number of hydrogen-bond donors (Lipinski definition) is 0. The number of carbonyl (C=O) groups excluding carboxylic acids is 1. The van der Waals surface area contributed by atoms with Crippen LogP contribution in [0.2, 0.25) is 0 Å². The molecule has 1 aromatic heterocycles. The SMILES string of the molecule is CCOc1ccc(C2c3c(oc4ccc(C)cc4c3=O)C(=O)N2CCCN2CCOCC2)cc1OCC. The molecule has 0 aliphatic carbocycles. The Morgan fingerprint density at radius 2 is 1.70 bits per heavy atom. The molecule has 3 aromatic rings. The van der Waals surface area contributed by atoms with Crippen LogP contribution in [0.4, 0.5) is 0 Å². The Kier molecular flexibility index (Phi) is 7.48. The first-order valence-corrected chi connectivity index (χ1v) is 13.1. The number of amides is 1. The second kappa shape index (κ2) is 10.9. The number of benzene rings is 2. The summed E-state index contributed by atoms with van der Waals surface area (Å²) in [6.07, 6.45) is 0.776. The number of fused-ring (bicyclic) bond motifs is 2. The molecule has 2 aliphatic heterocycles. The van der Waals surface area contributed by atoms with Gasteiger partial charge in [0.1, 0.15) is 5.58 Å². The van der Waals surface area contributed by atoms with Gasteiger partial charge in [-0.15, -0.1) is 0 Å². The molecule has 2 aromatic carbocycles. The molecule has 196 valence electrons. The summed E-state index contributed by atoms with van der Waals surface area (Å²) in [6.45, 7) is 11.3. The Morgan fingerprint density at radius 1 is 0.946 bits per heavy atom. The maximum atomic E-state index is 13.8. The summed E-state index contributed by atoms with van der Waals surface area (Å²) in [5, 5.41) is 0.489. The minimum atomic E-state index is -0.566.